The van der Waals surface area contributed by atoms with Crippen molar-refractivity contribution in [3.63, 3.8) is 0 Å². The predicted molar refractivity (Wildman–Crippen MR) is 86.7 cm³/mol. The highest BCUT2D eigenvalue weighted by atomic mass is 79.9. The predicted octanol–water partition coefficient (Wildman–Crippen LogP) is 4.04. The molecular weight excluding hydrogens is 402 g/mol. The van der Waals surface area contributed by atoms with Crippen molar-refractivity contribution in [2.24, 2.45) is 4.99 Å². The maximum absolute atomic E-state index is 11.9. The van der Waals surface area contributed by atoms with Gasteiger partial charge in [0.05, 0.1) is 11.3 Å². The van der Waals surface area contributed by atoms with Crippen LogP contribution in [0.15, 0.2) is 44.3 Å². The molecule has 0 amide bonds. The Hall–Kier alpha value is -1.66. The number of hydrogen-bond acceptors (Lipinski definition) is 3. The third-order valence-electron chi connectivity index (χ3n) is 2.92. The minimum atomic E-state index is -1.00. The zero-order valence-corrected chi connectivity index (χ0v) is 14.1. The van der Waals surface area contributed by atoms with Gasteiger partial charge in [-0.2, -0.15) is 0 Å². The van der Waals surface area contributed by atoms with Crippen LogP contribution in [0.3, 0.4) is 0 Å². The second kappa shape index (κ2) is 6.41. The number of carboxylic acid groups (broad SMARTS) is 1. The van der Waals surface area contributed by atoms with E-state index in [-0.39, 0.29) is 11.3 Å². The Kier molecular flexibility index (Phi) is 4.80. The largest absolute Gasteiger partial charge is 0.871 e. The van der Waals surface area contributed by atoms with E-state index < -0.39 is 5.97 Å². The number of carbonyl (C=O) groups is 1. The van der Waals surface area contributed by atoms with Gasteiger partial charge in [0, 0.05) is 15.2 Å². The van der Waals surface area contributed by atoms with Gasteiger partial charge in [0.25, 0.3) is 0 Å². The first-order valence-corrected chi connectivity index (χ1v) is 7.52. The lowest BCUT2D eigenvalue weighted by Gasteiger charge is -2.13. The van der Waals surface area contributed by atoms with Gasteiger partial charge < -0.3 is 10.2 Å². The molecule has 0 aliphatic rings. The molecule has 0 saturated carbocycles. The lowest BCUT2D eigenvalue weighted by molar-refractivity contribution is -0.269. The summed E-state index contributed by atoms with van der Waals surface area (Å²) in [5, 5.41) is 21.0. The zero-order chi connectivity index (χ0) is 15.6. The lowest BCUT2D eigenvalue weighted by Crippen LogP contribution is -2.00. The molecule has 0 radical (unpaired) electrons. The van der Waals surface area contributed by atoms with Crippen molar-refractivity contribution >= 4 is 49.7 Å². The molecular formula is C15H10Br2NO3-. The first-order chi connectivity index (χ1) is 9.90. The average molecular weight is 412 g/mol. The smallest absolute Gasteiger partial charge is 0.336 e. The van der Waals surface area contributed by atoms with Gasteiger partial charge in [-0.25, -0.2) is 4.79 Å². The SMILES string of the molecule is Cc1c(N=Cc2cc(Br)cc(Br)c2[O-])cccc1C(=O)O. The van der Waals surface area contributed by atoms with Crippen molar-refractivity contribution in [3.05, 3.63) is 56.0 Å². The summed E-state index contributed by atoms with van der Waals surface area (Å²) in [4.78, 5) is 15.3. The molecule has 0 aliphatic carbocycles. The normalized spacial score (nSPS) is 11.0. The Morgan fingerprint density at radius 3 is 2.71 bits per heavy atom. The summed E-state index contributed by atoms with van der Waals surface area (Å²) in [6.45, 7) is 1.69. The van der Waals surface area contributed by atoms with Crippen molar-refractivity contribution in [1.82, 2.24) is 0 Å². The summed E-state index contributed by atoms with van der Waals surface area (Å²) in [6.07, 6.45) is 1.44. The second-order valence-electron chi connectivity index (χ2n) is 4.32. The van der Waals surface area contributed by atoms with Gasteiger partial charge in [0.15, 0.2) is 0 Å². The Labute approximate surface area is 138 Å². The molecule has 0 unspecified atom stereocenters. The van der Waals surface area contributed by atoms with Crippen molar-refractivity contribution in [1.29, 1.82) is 0 Å². The number of benzene rings is 2. The zero-order valence-electron chi connectivity index (χ0n) is 10.9. The number of rotatable bonds is 3. The minimum Gasteiger partial charge on any atom is -0.871 e. The van der Waals surface area contributed by atoms with Crippen LogP contribution in [-0.2, 0) is 0 Å². The first-order valence-electron chi connectivity index (χ1n) is 5.93. The highest BCUT2D eigenvalue weighted by Crippen LogP contribution is 2.29. The average Bonchev–Trinajstić information content (AvgIpc) is 2.42. The van der Waals surface area contributed by atoms with E-state index in [1.165, 1.54) is 12.3 Å². The Bertz CT molecular complexity index is 742. The van der Waals surface area contributed by atoms with Crippen LogP contribution in [0.2, 0.25) is 0 Å². The molecule has 0 heterocycles. The van der Waals surface area contributed by atoms with Crippen molar-refractivity contribution in [2.45, 2.75) is 6.92 Å². The fourth-order valence-corrected chi connectivity index (χ4v) is 3.07. The molecule has 0 aliphatic heterocycles. The van der Waals surface area contributed by atoms with Gasteiger partial charge in [-0.1, -0.05) is 43.7 Å². The van der Waals surface area contributed by atoms with Gasteiger partial charge in [-0.15, -0.1) is 0 Å². The third kappa shape index (κ3) is 3.51. The van der Waals surface area contributed by atoms with E-state index >= 15 is 0 Å². The molecule has 0 aromatic heterocycles. The van der Waals surface area contributed by atoms with Crippen LogP contribution in [0.5, 0.6) is 5.75 Å². The van der Waals surface area contributed by atoms with E-state index in [4.69, 9.17) is 5.11 Å². The number of aromatic carboxylic acids is 1. The van der Waals surface area contributed by atoms with Crippen molar-refractivity contribution in [3.8, 4) is 5.75 Å². The summed E-state index contributed by atoms with van der Waals surface area (Å²) in [6, 6.07) is 8.17. The number of halogens is 2. The van der Waals surface area contributed by atoms with Crippen molar-refractivity contribution in [2.75, 3.05) is 0 Å². The minimum absolute atomic E-state index is 0.172. The van der Waals surface area contributed by atoms with E-state index in [1.54, 1.807) is 31.2 Å². The van der Waals surface area contributed by atoms with Gasteiger partial charge >= 0.3 is 5.97 Å². The molecule has 0 saturated heterocycles. The maximum Gasteiger partial charge on any atom is 0.336 e. The third-order valence-corrected chi connectivity index (χ3v) is 3.96. The lowest BCUT2D eigenvalue weighted by atomic mass is 10.1. The Balaban J connectivity index is 2.43. The highest BCUT2D eigenvalue weighted by Gasteiger charge is 2.09. The van der Waals surface area contributed by atoms with Gasteiger partial charge in [-0.05, 0) is 42.3 Å². The van der Waals surface area contributed by atoms with Gasteiger partial charge in [0.2, 0.25) is 0 Å². The van der Waals surface area contributed by atoms with Crippen LogP contribution < -0.4 is 5.11 Å². The first kappa shape index (κ1) is 15.7. The van der Waals surface area contributed by atoms with Crippen LogP contribution in [-0.4, -0.2) is 17.3 Å². The summed E-state index contributed by atoms with van der Waals surface area (Å²) in [5.41, 5.74) is 1.69. The Morgan fingerprint density at radius 2 is 2.05 bits per heavy atom. The summed E-state index contributed by atoms with van der Waals surface area (Å²) >= 11 is 6.50. The molecule has 2 aromatic rings. The summed E-state index contributed by atoms with van der Waals surface area (Å²) < 4.78 is 1.20. The van der Waals surface area contributed by atoms with Gasteiger partial charge in [-0.3, -0.25) is 4.99 Å². The van der Waals surface area contributed by atoms with Crippen LogP contribution in [0, 0.1) is 6.92 Å². The van der Waals surface area contributed by atoms with E-state index in [0.717, 1.165) is 4.47 Å². The van der Waals surface area contributed by atoms with Crippen LogP contribution in [0.1, 0.15) is 21.5 Å². The quantitative estimate of drug-likeness (QED) is 0.774. The number of nitrogens with zero attached hydrogens (tertiary/aromatic N) is 1. The van der Waals surface area contributed by atoms with E-state index in [2.05, 4.69) is 36.9 Å². The standard InChI is InChI=1S/C15H11Br2NO3/c1-8-11(15(20)21)3-2-4-13(8)18-7-9-5-10(16)6-12(17)14(9)19/h2-7,19H,1H3,(H,20,21)/p-1. The molecule has 1 N–H and O–H groups in total. The number of carboxylic acids is 1. The number of aliphatic imine (C=N–C) groups is 1. The molecule has 0 fully saturated rings. The van der Waals surface area contributed by atoms with E-state index in [1.807, 2.05) is 0 Å². The second-order valence-corrected chi connectivity index (χ2v) is 6.09. The van der Waals surface area contributed by atoms with Gasteiger partial charge in [0.1, 0.15) is 0 Å². The molecule has 6 heteroatoms. The monoisotopic (exact) mass is 410 g/mol. The molecule has 2 rings (SSSR count). The molecule has 21 heavy (non-hydrogen) atoms. The van der Waals surface area contributed by atoms with Crippen LogP contribution in [0.25, 0.3) is 0 Å². The number of hydrogen-bond donors (Lipinski definition) is 1. The van der Waals surface area contributed by atoms with Crippen LogP contribution in [0.4, 0.5) is 5.69 Å². The molecule has 108 valence electrons. The molecule has 0 bridgehead atoms. The maximum atomic E-state index is 11.9. The molecule has 0 atom stereocenters. The van der Waals surface area contributed by atoms with Crippen molar-refractivity contribution < 1.29 is 15.0 Å². The fraction of sp³-hybridized carbons (Fsp3) is 0.0667. The molecule has 2 aromatic carbocycles. The summed E-state index contributed by atoms with van der Waals surface area (Å²) in [7, 11) is 0. The van der Waals surface area contributed by atoms with Crippen LogP contribution >= 0.6 is 31.9 Å². The topological polar surface area (TPSA) is 72.7 Å². The highest BCUT2D eigenvalue weighted by molar-refractivity contribution is 9.11. The molecule has 4 nitrogen and oxygen atoms in total. The van der Waals surface area contributed by atoms with E-state index in [0.29, 0.717) is 21.3 Å². The fourth-order valence-electron chi connectivity index (χ4n) is 1.81. The van der Waals surface area contributed by atoms with E-state index in [9.17, 15) is 9.90 Å². The molecule has 0 spiro atoms. The summed E-state index contributed by atoms with van der Waals surface area (Å²) in [5.74, 6) is -1.17. The Morgan fingerprint density at radius 1 is 1.33 bits per heavy atom.